The lowest BCUT2D eigenvalue weighted by atomic mass is 9.85. The fraction of sp³-hybridized carbons (Fsp3) is 0.400. The third-order valence-electron chi connectivity index (χ3n) is 6.47. The van der Waals surface area contributed by atoms with Crippen LogP contribution in [-0.4, -0.2) is 53.5 Å². The first-order valence-corrected chi connectivity index (χ1v) is 11.2. The number of rotatable bonds is 7. The summed E-state index contributed by atoms with van der Waals surface area (Å²) in [6.07, 6.45) is 0.452. The second kappa shape index (κ2) is 10.0. The van der Waals surface area contributed by atoms with Gasteiger partial charge in [0, 0.05) is 17.9 Å². The molecule has 2 aromatic carbocycles. The Bertz CT molecular complexity index is 994. The van der Waals surface area contributed by atoms with Gasteiger partial charge in [0.1, 0.15) is 6.61 Å². The molecule has 2 aromatic rings. The van der Waals surface area contributed by atoms with Crippen LogP contribution >= 0.6 is 0 Å². The fourth-order valence-corrected chi connectivity index (χ4v) is 4.79. The van der Waals surface area contributed by atoms with Crippen molar-refractivity contribution in [2.75, 3.05) is 13.2 Å². The number of carbonyl (C=O) groups excluding carboxylic acids is 2. The van der Waals surface area contributed by atoms with Crippen LogP contribution in [0.15, 0.2) is 48.5 Å². The zero-order valence-electron chi connectivity index (χ0n) is 18.2. The number of alkyl carbamates (subject to hydrolysis) is 1. The molecule has 0 aliphatic heterocycles. The van der Waals surface area contributed by atoms with E-state index in [1.807, 2.05) is 24.3 Å². The number of carboxylic acid groups (broad SMARTS) is 1. The fourth-order valence-electron chi connectivity index (χ4n) is 4.79. The molecule has 0 heterocycles. The summed E-state index contributed by atoms with van der Waals surface area (Å²) in [6, 6.07) is 16.1. The van der Waals surface area contributed by atoms with Gasteiger partial charge in [0.15, 0.2) is 6.10 Å². The van der Waals surface area contributed by atoms with Gasteiger partial charge in [0.25, 0.3) is 0 Å². The smallest absolute Gasteiger partial charge is 0.407 e. The molecule has 0 radical (unpaired) electrons. The zero-order chi connectivity index (χ0) is 23.4. The predicted octanol–water partition coefficient (Wildman–Crippen LogP) is 2.65. The third-order valence-corrected chi connectivity index (χ3v) is 6.47. The summed E-state index contributed by atoms with van der Waals surface area (Å²) in [6.45, 7) is -0.112. The molecule has 8 nitrogen and oxygen atoms in total. The molecule has 0 aromatic heterocycles. The highest BCUT2D eigenvalue weighted by Gasteiger charge is 2.31. The number of aliphatic hydroxyl groups excluding tert-OH is 1. The second-order valence-electron chi connectivity index (χ2n) is 8.63. The van der Waals surface area contributed by atoms with Crippen LogP contribution in [0.4, 0.5) is 4.79 Å². The van der Waals surface area contributed by atoms with E-state index in [9.17, 15) is 19.5 Å². The molecule has 8 heteroatoms. The highest BCUT2D eigenvalue weighted by atomic mass is 16.5. The number of aliphatic hydroxyl groups is 1. The molecule has 4 rings (SSSR count). The lowest BCUT2D eigenvalue weighted by Gasteiger charge is -2.29. The van der Waals surface area contributed by atoms with Crippen molar-refractivity contribution in [1.82, 2.24) is 10.6 Å². The quantitative estimate of drug-likeness (QED) is 0.512. The standard InChI is InChI=1S/C25H28N2O6/c28-22(24(30)31)13-26-23(29)15-6-5-7-16(12-15)27-25(32)33-14-21-19-10-3-1-8-17(19)18-9-2-4-11-20(18)21/h1-4,8-11,15-16,21-22,28H,5-7,12-14H2,(H,26,29)(H,27,32)(H,30,31)/t15-,16-,22?/m1/s1. The summed E-state index contributed by atoms with van der Waals surface area (Å²) in [5.41, 5.74) is 4.61. The van der Waals surface area contributed by atoms with Gasteiger partial charge in [0.2, 0.25) is 5.91 Å². The number of nitrogens with one attached hydrogen (secondary N) is 2. The summed E-state index contributed by atoms with van der Waals surface area (Å²) in [7, 11) is 0. The maximum Gasteiger partial charge on any atom is 0.407 e. The van der Waals surface area contributed by atoms with Gasteiger partial charge in [-0.25, -0.2) is 9.59 Å². The molecule has 2 aliphatic rings. The Morgan fingerprint density at radius 2 is 1.64 bits per heavy atom. The number of amides is 2. The van der Waals surface area contributed by atoms with E-state index in [-0.39, 0.29) is 36.9 Å². The minimum absolute atomic E-state index is 0.0197. The Balaban J connectivity index is 1.30. The lowest BCUT2D eigenvalue weighted by molar-refractivity contribution is -0.146. The normalized spacial score (nSPS) is 20.3. The van der Waals surface area contributed by atoms with Crippen LogP contribution < -0.4 is 10.6 Å². The van der Waals surface area contributed by atoms with E-state index in [0.717, 1.165) is 35.1 Å². The molecule has 0 bridgehead atoms. The molecule has 4 N–H and O–H groups in total. The van der Waals surface area contributed by atoms with E-state index >= 15 is 0 Å². The lowest BCUT2D eigenvalue weighted by Crippen LogP contribution is -2.44. The molecule has 2 aliphatic carbocycles. The van der Waals surface area contributed by atoms with Gasteiger partial charge in [-0.15, -0.1) is 0 Å². The van der Waals surface area contributed by atoms with E-state index in [4.69, 9.17) is 9.84 Å². The Morgan fingerprint density at radius 1 is 1.00 bits per heavy atom. The maximum atomic E-state index is 12.5. The molecule has 3 atom stereocenters. The molecule has 1 fully saturated rings. The number of fused-ring (bicyclic) bond motifs is 3. The number of aliphatic carboxylic acids is 1. The first-order chi connectivity index (χ1) is 15.9. The number of hydrogen-bond acceptors (Lipinski definition) is 5. The van der Waals surface area contributed by atoms with Gasteiger partial charge in [0.05, 0.1) is 6.54 Å². The van der Waals surface area contributed by atoms with Crippen LogP contribution in [0, 0.1) is 5.92 Å². The van der Waals surface area contributed by atoms with Crippen molar-refractivity contribution in [2.24, 2.45) is 5.92 Å². The van der Waals surface area contributed by atoms with E-state index in [1.165, 1.54) is 0 Å². The monoisotopic (exact) mass is 452 g/mol. The van der Waals surface area contributed by atoms with Crippen molar-refractivity contribution >= 4 is 18.0 Å². The van der Waals surface area contributed by atoms with Crippen molar-refractivity contribution in [3.05, 3.63) is 59.7 Å². The SMILES string of the molecule is O=C(N[C@@H]1CCC[C@@H](C(=O)NCC(O)C(=O)O)C1)OCC1c2ccccc2-c2ccccc21. The molecule has 174 valence electrons. The van der Waals surface area contributed by atoms with E-state index in [0.29, 0.717) is 12.8 Å². The van der Waals surface area contributed by atoms with Gasteiger partial charge >= 0.3 is 12.1 Å². The molecular formula is C25H28N2O6. The van der Waals surface area contributed by atoms with Crippen molar-refractivity contribution in [3.63, 3.8) is 0 Å². The zero-order valence-corrected chi connectivity index (χ0v) is 18.2. The number of carbonyl (C=O) groups is 3. The first kappa shape index (κ1) is 22.8. The molecule has 0 spiro atoms. The van der Waals surface area contributed by atoms with E-state index < -0.39 is 18.2 Å². The summed E-state index contributed by atoms with van der Waals surface area (Å²) in [5, 5.41) is 23.4. The summed E-state index contributed by atoms with van der Waals surface area (Å²) < 4.78 is 5.59. The van der Waals surface area contributed by atoms with Crippen LogP contribution in [0.3, 0.4) is 0 Å². The van der Waals surface area contributed by atoms with Crippen molar-refractivity contribution in [1.29, 1.82) is 0 Å². The Hall–Kier alpha value is -3.39. The molecule has 33 heavy (non-hydrogen) atoms. The van der Waals surface area contributed by atoms with Crippen LogP contribution in [0.25, 0.3) is 11.1 Å². The predicted molar refractivity (Wildman–Crippen MR) is 121 cm³/mol. The van der Waals surface area contributed by atoms with Crippen LogP contribution in [-0.2, 0) is 14.3 Å². The average Bonchev–Trinajstić information content (AvgIpc) is 3.15. The number of carboxylic acids is 1. The van der Waals surface area contributed by atoms with Crippen LogP contribution in [0.5, 0.6) is 0 Å². The second-order valence-corrected chi connectivity index (χ2v) is 8.63. The molecule has 2 amide bonds. The summed E-state index contributed by atoms with van der Waals surface area (Å²) in [4.78, 5) is 35.5. The van der Waals surface area contributed by atoms with Crippen LogP contribution in [0.1, 0.15) is 42.7 Å². The molecule has 0 saturated heterocycles. The topological polar surface area (TPSA) is 125 Å². The van der Waals surface area contributed by atoms with Gasteiger partial charge in [-0.1, -0.05) is 55.0 Å². The van der Waals surface area contributed by atoms with E-state index in [1.54, 1.807) is 0 Å². The number of hydrogen-bond donors (Lipinski definition) is 4. The minimum atomic E-state index is -1.63. The highest BCUT2D eigenvalue weighted by Crippen LogP contribution is 2.44. The van der Waals surface area contributed by atoms with E-state index in [2.05, 4.69) is 34.9 Å². The Kier molecular flexibility index (Phi) is 6.93. The largest absolute Gasteiger partial charge is 0.479 e. The van der Waals surface area contributed by atoms with Crippen molar-refractivity contribution in [3.8, 4) is 11.1 Å². The molecular weight excluding hydrogens is 424 g/mol. The summed E-state index contributed by atoms with van der Waals surface area (Å²) >= 11 is 0. The van der Waals surface area contributed by atoms with Crippen molar-refractivity contribution < 1.29 is 29.3 Å². The first-order valence-electron chi connectivity index (χ1n) is 11.2. The maximum absolute atomic E-state index is 12.5. The van der Waals surface area contributed by atoms with Gasteiger partial charge < -0.3 is 25.6 Å². The number of benzene rings is 2. The molecule has 1 saturated carbocycles. The van der Waals surface area contributed by atoms with Gasteiger partial charge in [-0.3, -0.25) is 4.79 Å². The minimum Gasteiger partial charge on any atom is -0.479 e. The third kappa shape index (κ3) is 5.17. The highest BCUT2D eigenvalue weighted by molar-refractivity contribution is 5.81. The Morgan fingerprint density at radius 3 is 2.27 bits per heavy atom. The summed E-state index contributed by atoms with van der Waals surface area (Å²) in [5.74, 6) is -2.06. The van der Waals surface area contributed by atoms with Crippen molar-refractivity contribution in [2.45, 2.75) is 43.7 Å². The number of ether oxygens (including phenoxy) is 1. The average molecular weight is 453 g/mol. The molecule has 1 unspecified atom stereocenters. The van der Waals surface area contributed by atoms with Gasteiger partial charge in [-0.2, -0.15) is 0 Å². The Labute approximate surface area is 192 Å². The van der Waals surface area contributed by atoms with Crippen LogP contribution in [0.2, 0.25) is 0 Å². The van der Waals surface area contributed by atoms with Gasteiger partial charge in [-0.05, 0) is 41.5 Å².